The molecular formula is C15H15Cl3N2O. The zero-order chi connectivity index (χ0) is 15.6. The van der Waals surface area contributed by atoms with Crippen LogP contribution in [0.1, 0.15) is 20.8 Å². The number of benzene rings is 1. The largest absolute Gasteiger partial charge is 0.437 e. The highest BCUT2D eigenvalue weighted by molar-refractivity contribution is 6.43. The summed E-state index contributed by atoms with van der Waals surface area (Å²) in [5.41, 5.74) is -0.0904. The first-order chi connectivity index (χ1) is 9.74. The molecule has 0 spiro atoms. The van der Waals surface area contributed by atoms with Crippen LogP contribution in [0.3, 0.4) is 0 Å². The van der Waals surface area contributed by atoms with E-state index in [4.69, 9.17) is 39.5 Å². The van der Waals surface area contributed by atoms with Crippen LogP contribution in [0.4, 0.5) is 5.82 Å². The Morgan fingerprint density at radius 3 is 2.33 bits per heavy atom. The summed E-state index contributed by atoms with van der Waals surface area (Å²) in [5.74, 6) is 1.55. The number of nitrogens with one attached hydrogen (secondary N) is 1. The molecule has 6 heteroatoms. The standard InChI is InChI=1S/C15H15Cl3N2O/c1-15(2,3)20-13-5-4-6-14(19-13)21-12-8-10(17)9(16)7-11(12)18/h4-8H,1-3H3,(H,19,20). The van der Waals surface area contributed by atoms with Gasteiger partial charge in [-0.1, -0.05) is 40.9 Å². The fourth-order valence-electron chi connectivity index (χ4n) is 1.62. The summed E-state index contributed by atoms with van der Waals surface area (Å²) in [7, 11) is 0. The highest BCUT2D eigenvalue weighted by Gasteiger charge is 2.12. The topological polar surface area (TPSA) is 34.1 Å². The monoisotopic (exact) mass is 344 g/mol. The lowest BCUT2D eigenvalue weighted by molar-refractivity contribution is 0.463. The van der Waals surface area contributed by atoms with Crippen molar-refractivity contribution in [2.24, 2.45) is 0 Å². The number of halogens is 3. The Balaban J connectivity index is 2.24. The maximum Gasteiger partial charge on any atom is 0.221 e. The normalized spacial score (nSPS) is 11.3. The Labute approximate surface area is 139 Å². The molecule has 1 heterocycles. The molecular weight excluding hydrogens is 331 g/mol. The van der Waals surface area contributed by atoms with Crippen molar-refractivity contribution >= 4 is 40.6 Å². The second kappa shape index (κ2) is 6.30. The zero-order valence-corrected chi connectivity index (χ0v) is 14.1. The van der Waals surface area contributed by atoms with Crippen molar-refractivity contribution in [1.82, 2.24) is 4.98 Å². The summed E-state index contributed by atoms with van der Waals surface area (Å²) in [4.78, 5) is 4.38. The third-order valence-electron chi connectivity index (χ3n) is 2.42. The van der Waals surface area contributed by atoms with Crippen LogP contribution >= 0.6 is 34.8 Å². The van der Waals surface area contributed by atoms with Gasteiger partial charge in [0.05, 0.1) is 15.1 Å². The molecule has 0 bridgehead atoms. The summed E-state index contributed by atoms with van der Waals surface area (Å²) in [6.45, 7) is 6.16. The van der Waals surface area contributed by atoms with Gasteiger partial charge in [0.1, 0.15) is 11.6 Å². The molecule has 1 aromatic carbocycles. The van der Waals surface area contributed by atoms with E-state index in [-0.39, 0.29) is 5.54 Å². The lowest BCUT2D eigenvalue weighted by Crippen LogP contribution is -2.26. The van der Waals surface area contributed by atoms with Gasteiger partial charge in [0.2, 0.25) is 5.88 Å². The van der Waals surface area contributed by atoms with Crippen molar-refractivity contribution < 1.29 is 4.74 Å². The molecule has 0 unspecified atom stereocenters. The molecule has 1 N–H and O–H groups in total. The summed E-state index contributed by atoms with van der Waals surface area (Å²) in [6, 6.07) is 8.57. The number of hydrogen-bond acceptors (Lipinski definition) is 3. The maximum atomic E-state index is 6.09. The Morgan fingerprint density at radius 2 is 1.67 bits per heavy atom. The first-order valence-electron chi connectivity index (χ1n) is 6.32. The second-order valence-electron chi connectivity index (χ2n) is 5.53. The van der Waals surface area contributed by atoms with Gasteiger partial charge in [0.15, 0.2) is 0 Å². The van der Waals surface area contributed by atoms with Crippen LogP contribution in [0.2, 0.25) is 15.1 Å². The van der Waals surface area contributed by atoms with Gasteiger partial charge in [0.25, 0.3) is 0 Å². The van der Waals surface area contributed by atoms with Crippen LogP contribution in [0, 0.1) is 0 Å². The molecule has 0 atom stereocenters. The third-order valence-corrected chi connectivity index (χ3v) is 3.43. The molecule has 2 aromatic rings. The summed E-state index contributed by atoms with van der Waals surface area (Å²) in [6.07, 6.45) is 0. The Bertz CT molecular complexity index is 654. The minimum atomic E-state index is -0.0904. The minimum Gasteiger partial charge on any atom is -0.437 e. The van der Waals surface area contributed by atoms with Gasteiger partial charge in [-0.3, -0.25) is 0 Å². The lowest BCUT2D eigenvalue weighted by Gasteiger charge is -2.21. The maximum absolute atomic E-state index is 6.09. The zero-order valence-electron chi connectivity index (χ0n) is 11.9. The molecule has 0 fully saturated rings. The molecule has 3 nitrogen and oxygen atoms in total. The number of hydrogen-bond donors (Lipinski definition) is 1. The number of nitrogens with zero attached hydrogens (tertiary/aromatic N) is 1. The van der Waals surface area contributed by atoms with E-state index in [0.29, 0.717) is 26.7 Å². The molecule has 0 aliphatic heterocycles. The van der Waals surface area contributed by atoms with E-state index < -0.39 is 0 Å². The van der Waals surface area contributed by atoms with Gasteiger partial charge < -0.3 is 10.1 Å². The Morgan fingerprint density at radius 1 is 1.00 bits per heavy atom. The molecule has 112 valence electrons. The predicted molar refractivity (Wildman–Crippen MR) is 89.2 cm³/mol. The molecule has 0 radical (unpaired) electrons. The highest BCUT2D eigenvalue weighted by atomic mass is 35.5. The Hall–Kier alpha value is -1.16. The van der Waals surface area contributed by atoms with Crippen molar-refractivity contribution in [3.63, 3.8) is 0 Å². The average Bonchev–Trinajstić information content (AvgIpc) is 2.34. The van der Waals surface area contributed by atoms with Crippen LogP contribution in [0.15, 0.2) is 30.3 Å². The van der Waals surface area contributed by atoms with E-state index in [2.05, 4.69) is 31.1 Å². The van der Waals surface area contributed by atoms with Gasteiger partial charge in [0, 0.05) is 17.7 Å². The summed E-state index contributed by atoms with van der Waals surface area (Å²) in [5, 5.41) is 4.40. The van der Waals surface area contributed by atoms with Crippen LogP contribution in [0.5, 0.6) is 11.6 Å². The van der Waals surface area contributed by atoms with E-state index >= 15 is 0 Å². The summed E-state index contributed by atoms with van der Waals surface area (Å²) >= 11 is 17.9. The van der Waals surface area contributed by atoms with Crippen LogP contribution in [0.25, 0.3) is 0 Å². The van der Waals surface area contributed by atoms with Crippen LogP contribution in [-0.4, -0.2) is 10.5 Å². The fraction of sp³-hybridized carbons (Fsp3) is 0.267. The number of aromatic nitrogens is 1. The molecule has 21 heavy (non-hydrogen) atoms. The first kappa shape index (κ1) is 16.2. The second-order valence-corrected chi connectivity index (χ2v) is 6.76. The first-order valence-corrected chi connectivity index (χ1v) is 7.46. The molecule has 1 aromatic heterocycles. The molecule has 0 saturated heterocycles. The summed E-state index contributed by atoms with van der Waals surface area (Å²) < 4.78 is 5.67. The van der Waals surface area contributed by atoms with E-state index in [0.717, 1.165) is 5.82 Å². The smallest absolute Gasteiger partial charge is 0.221 e. The molecule has 0 saturated carbocycles. The quantitative estimate of drug-likeness (QED) is 0.688. The van der Waals surface area contributed by atoms with Crippen LogP contribution in [-0.2, 0) is 0 Å². The SMILES string of the molecule is CC(C)(C)Nc1cccc(Oc2cc(Cl)c(Cl)cc2Cl)n1. The van der Waals surface area contributed by atoms with Gasteiger partial charge in [-0.15, -0.1) is 0 Å². The van der Waals surface area contributed by atoms with Crippen molar-refractivity contribution in [2.75, 3.05) is 5.32 Å². The molecule has 2 rings (SSSR count). The van der Waals surface area contributed by atoms with E-state index in [1.807, 2.05) is 12.1 Å². The molecule has 0 aliphatic carbocycles. The highest BCUT2D eigenvalue weighted by Crippen LogP contribution is 2.36. The minimum absolute atomic E-state index is 0.0904. The average molecular weight is 346 g/mol. The van der Waals surface area contributed by atoms with E-state index in [1.54, 1.807) is 12.1 Å². The van der Waals surface area contributed by atoms with Crippen molar-refractivity contribution in [1.29, 1.82) is 0 Å². The number of rotatable bonds is 3. The van der Waals surface area contributed by atoms with Crippen molar-refractivity contribution in [2.45, 2.75) is 26.3 Å². The lowest BCUT2D eigenvalue weighted by atomic mass is 10.1. The third kappa shape index (κ3) is 4.67. The fourth-order valence-corrected chi connectivity index (χ4v) is 2.20. The van der Waals surface area contributed by atoms with E-state index in [9.17, 15) is 0 Å². The van der Waals surface area contributed by atoms with Crippen molar-refractivity contribution in [3.8, 4) is 11.6 Å². The predicted octanol–water partition coefficient (Wildman–Crippen LogP) is 6.04. The molecule has 0 aliphatic rings. The van der Waals surface area contributed by atoms with Gasteiger partial charge >= 0.3 is 0 Å². The van der Waals surface area contributed by atoms with Gasteiger partial charge in [-0.2, -0.15) is 4.98 Å². The van der Waals surface area contributed by atoms with Crippen LogP contribution < -0.4 is 10.1 Å². The van der Waals surface area contributed by atoms with Gasteiger partial charge in [-0.05, 0) is 32.9 Å². The van der Waals surface area contributed by atoms with Gasteiger partial charge in [-0.25, -0.2) is 0 Å². The molecule has 0 amide bonds. The van der Waals surface area contributed by atoms with E-state index in [1.165, 1.54) is 6.07 Å². The number of pyridine rings is 1. The van der Waals surface area contributed by atoms with Crippen molar-refractivity contribution in [3.05, 3.63) is 45.4 Å². The number of ether oxygens (including phenoxy) is 1. The Kier molecular flexibility index (Phi) is 4.87. The number of anilines is 1.